The molecule has 0 spiro atoms. The number of methoxy groups -OCH3 is 1. The molecule has 2 aliphatic rings. The van der Waals surface area contributed by atoms with Crippen LogP contribution < -0.4 is 19.5 Å². The average Bonchev–Trinajstić information content (AvgIpc) is 2.83. The number of nitrogens with one attached hydrogen (secondary N) is 1. The highest BCUT2D eigenvalue weighted by Gasteiger charge is 2.29. The largest absolute Gasteiger partial charge is 0.495 e. The zero-order valence-corrected chi connectivity index (χ0v) is 12.6. The summed E-state index contributed by atoms with van der Waals surface area (Å²) in [6.07, 6.45) is 2.01. The van der Waals surface area contributed by atoms with E-state index in [4.69, 9.17) is 14.2 Å². The molecule has 4 nitrogen and oxygen atoms in total. The quantitative estimate of drug-likeness (QED) is 0.906. The first-order chi connectivity index (χ1) is 9.31. The van der Waals surface area contributed by atoms with Crippen molar-refractivity contribution in [2.75, 3.05) is 33.4 Å². The molecule has 0 aromatic heterocycles. The molecule has 0 amide bonds. The number of hydrogen-bond acceptors (Lipinski definition) is 4. The molecule has 0 aliphatic carbocycles. The van der Waals surface area contributed by atoms with Crippen molar-refractivity contribution in [2.24, 2.45) is 0 Å². The van der Waals surface area contributed by atoms with Crippen LogP contribution in [0.25, 0.3) is 0 Å². The van der Waals surface area contributed by atoms with Crippen LogP contribution in [0.5, 0.6) is 17.2 Å². The summed E-state index contributed by atoms with van der Waals surface area (Å²) in [6.45, 7) is 3.40. The van der Waals surface area contributed by atoms with E-state index in [0.717, 1.165) is 53.2 Å². The maximum atomic E-state index is 5.94. The molecule has 0 bridgehead atoms. The van der Waals surface area contributed by atoms with Gasteiger partial charge in [0.25, 0.3) is 0 Å². The maximum Gasteiger partial charge on any atom is 0.168 e. The van der Waals surface area contributed by atoms with E-state index in [9.17, 15) is 0 Å². The second kappa shape index (κ2) is 5.59. The number of hydrogen-bond donors (Lipinski definition) is 1. The molecular formula is C14H18BrNO3. The third-order valence-electron chi connectivity index (χ3n) is 3.65. The van der Waals surface area contributed by atoms with Gasteiger partial charge in [-0.05, 0) is 28.9 Å². The van der Waals surface area contributed by atoms with Crippen molar-refractivity contribution in [1.29, 1.82) is 0 Å². The van der Waals surface area contributed by atoms with Crippen molar-refractivity contribution in [3.8, 4) is 17.2 Å². The van der Waals surface area contributed by atoms with E-state index in [1.165, 1.54) is 0 Å². The van der Waals surface area contributed by atoms with Crippen LogP contribution in [0.4, 0.5) is 0 Å². The summed E-state index contributed by atoms with van der Waals surface area (Å²) in [5.74, 6) is 2.99. The van der Waals surface area contributed by atoms with Gasteiger partial charge in [0.2, 0.25) is 0 Å². The van der Waals surface area contributed by atoms with Crippen LogP contribution in [-0.4, -0.2) is 33.4 Å². The minimum Gasteiger partial charge on any atom is -0.495 e. The Morgan fingerprint density at radius 3 is 2.95 bits per heavy atom. The number of benzene rings is 1. The summed E-state index contributed by atoms with van der Waals surface area (Å²) in [6, 6.07) is 1.95. The molecule has 3 rings (SSSR count). The zero-order chi connectivity index (χ0) is 13.2. The molecule has 2 heterocycles. The summed E-state index contributed by atoms with van der Waals surface area (Å²) >= 11 is 3.58. The highest BCUT2D eigenvalue weighted by molar-refractivity contribution is 9.10. The lowest BCUT2D eigenvalue weighted by atomic mass is 9.95. The standard InChI is InChI=1S/C14H18BrNO3/c1-17-13-10(15)7-11-14(19-6-2-5-18-11)12(13)9-3-4-16-8-9/h7,9,16H,2-6,8H2,1H3. The fourth-order valence-corrected chi connectivity index (χ4v) is 3.34. The second-order valence-electron chi connectivity index (χ2n) is 4.87. The third kappa shape index (κ3) is 2.41. The Morgan fingerprint density at radius 2 is 2.21 bits per heavy atom. The van der Waals surface area contributed by atoms with Gasteiger partial charge >= 0.3 is 0 Å². The van der Waals surface area contributed by atoms with Gasteiger partial charge in [0.1, 0.15) is 5.75 Å². The van der Waals surface area contributed by atoms with Gasteiger partial charge in [-0.1, -0.05) is 0 Å². The molecule has 1 aromatic carbocycles. The van der Waals surface area contributed by atoms with Gasteiger partial charge in [-0.2, -0.15) is 0 Å². The average molecular weight is 328 g/mol. The molecule has 5 heteroatoms. The Bertz CT molecular complexity index is 472. The first-order valence-corrected chi connectivity index (χ1v) is 7.47. The Morgan fingerprint density at radius 1 is 1.37 bits per heavy atom. The second-order valence-corrected chi connectivity index (χ2v) is 5.73. The SMILES string of the molecule is COc1c(Br)cc2c(c1C1CCNC1)OCCCO2. The lowest BCUT2D eigenvalue weighted by molar-refractivity contribution is 0.295. The van der Waals surface area contributed by atoms with Crippen molar-refractivity contribution < 1.29 is 14.2 Å². The summed E-state index contributed by atoms with van der Waals surface area (Å²) < 4.78 is 18.3. The molecule has 1 aromatic rings. The summed E-state index contributed by atoms with van der Waals surface area (Å²) in [5, 5.41) is 3.40. The van der Waals surface area contributed by atoms with Gasteiger partial charge in [0.05, 0.1) is 24.8 Å². The molecule has 1 fully saturated rings. The van der Waals surface area contributed by atoms with Crippen molar-refractivity contribution in [1.82, 2.24) is 5.32 Å². The molecule has 2 aliphatic heterocycles. The van der Waals surface area contributed by atoms with Gasteiger partial charge in [0, 0.05) is 30.5 Å². The van der Waals surface area contributed by atoms with Crippen LogP contribution >= 0.6 is 15.9 Å². The number of ether oxygens (including phenoxy) is 3. The van der Waals surface area contributed by atoms with Crippen LogP contribution in [0.2, 0.25) is 0 Å². The van der Waals surface area contributed by atoms with E-state index in [0.29, 0.717) is 19.1 Å². The maximum absolute atomic E-state index is 5.94. The third-order valence-corrected chi connectivity index (χ3v) is 4.24. The topological polar surface area (TPSA) is 39.7 Å². The predicted octanol–water partition coefficient (Wildman–Crippen LogP) is 2.70. The smallest absolute Gasteiger partial charge is 0.168 e. The highest BCUT2D eigenvalue weighted by atomic mass is 79.9. The van der Waals surface area contributed by atoms with Crippen LogP contribution in [-0.2, 0) is 0 Å². The molecule has 1 saturated heterocycles. The molecule has 1 atom stereocenters. The van der Waals surface area contributed by atoms with E-state index in [-0.39, 0.29) is 0 Å². The molecule has 104 valence electrons. The Balaban J connectivity index is 2.13. The zero-order valence-electron chi connectivity index (χ0n) is 11.0. The van der Waals surface area contributed by atoms with Crippen LogP contribution in [0.15, 0.2) is 10.5 Å². The van der Waals surface area contributed by atoms with E-state index in [1.807, 2.05) is 6.07 Å². The van der Waals surface area contributed by atoms with Crippen LogP contribution in [0.1, 0.15) is 24.3 Å². The number of fused-ring (bicyclic) bond motifs is 1. The summed E-state index contributed by atoms with van der Waals surface area (Å²) in [4.78, 5) is 0. The van der Waals surface area contributed by atoms with Crippen molar-refractivity contribution in [3.63, 3.8) is 0 Å². The Kier molecular flexibility index (Phi) is 3.84. The molecule has 0 saturated carbocycles. The molecular weight excluding hydrogens is 310 g/mol. The van der Waals surface area contributed by atoms with Crippen molar-refractivity contribution in [2.45, 2.75) is 18.8 Å². The van der Waals surface area contributed by atoms with Crippen molar-refractivity contribution >= 4 is 15.9 Å². The predicted molar refractivity (Wildman–Crippen MR) is 76.5 cm³/mol. The molecule has 1 unspecified atom stereocenters. The lowest BCUT2D eigenvalue weighted by Gasteiger charge is -2.21. The van der Waals surface area contributed by atoms with Gasteiger partial charge in [-0.3, -0.25) is 0 Å². The monoisotopic (exact) mass is 327 g/mol. The number of halogens is 1. The first-order valence-electron chi connectivity index (χ1n) is 6.68. The Hall–Kier alpha value is -0.940. The van der Waals surface area contributed by atoms with Gasteiger partial charge in [-0.25, -0.2) is 0 Å². The lowest BCUT2D eigenvalue weighted by Crippen LogP contribution is -2.10. The normalized spacial score (nSPS) is 22.1. The van der Waals surface area contributed by atoms with E-state index < -0.39 is 0 Å². The molecule has 19 heavy (non-hydrogen) atoms. The van der Waals surface area contributed by atoms with Gasteiger partial charge < -0.3 is 19.5 Å². The number of rotatable bonds is 2. The van der Waals surface area contributed by atoms with Gasteiger partial charge in [-0.15, -0.1) is 0 Å². The van der Waals surface area contributed by atoms with Crippen molar-refractivity contribution in [3.05, 3.63) is 16.1 Å². The minimum atomic E-state index is 0.419. The van der Waals surface area contributed by atoms with E-state index >= 15 is 0 Å². The Labute approximate surface area is 121 Å². The summed E-state index contributed by atoms with van der Waals surface area (Å²) in [7, 11) is 1.70. The first kappa shape index (κ1) is 13.1. The van der Waals surface area contributed by atoms with Crippen LogP contribution in [0.3, 0.4) is 0 Å². The molecule has 0 radical (unpaired) electrons. The fourth-order valence-electron chi connectivity index (χ4n) is 2.76. The highest BCUT2D eigenvalue weighted by Crippen LogP contribution is 2.48. The van der Waals surface area contributed by atoms with Gasteiger partial charge in [0.15, 0.2) is 11.5 Å². The van der Waals surface area contributed by atoms with E-state index in [1.54, 1.807) is 7.11 Å². The van der Waals surface area contributed by atoms with E-state index in [2.05, 4.69) is 21.2 Å². The summed E-state index contributed by atoms with van der Waals surface area (Å²) in [5.41, 5.74) is 1.14. The fraction of sp³-hybridized carbons (Fsp3) is 0.571. The van der Waals surface area contributed by atoms with Crippen LogP contribution in [0, 0.1) is 0 Å². The minimum absolute atomic E-state index is 0.419. The molecule has 1 N–H and O–H groups in total.